The van der Waals surface area contributed by atoms with E-state index in [1.165, 1.54) is 32.1 Å². The van der Waals surface area contributed by atoms with Gasteiger partial charge in [-0.2, -0.15) is 0 Å². The molecule has 2 aromatic rings. The number of nitrogens with one attached hydrogen (secondary N) is 1. The molecule has 0 atom stereocenters. The Morgan fingerprint density at radius 3 is 2.80 bits per heavy atom. The first-order chi connectivity index (χ1) is 12.2. The summed E-state index contributed by atoms with van der Waals surface area (Å²) in [4.78, 5) is 28.1. The Morgan fingerprint density at radius 1 is 1.20 bits per heavy atom. The number of nitrogens with zero attached hydrogens (tertiary/aromatic N) is 1. The summed E-state index contributed by atoms with van der Waals surface area (Å²) >= 11 is 1.59. The maximum atomic E-state index is 11.8. The van der Waals surface area contributed by atoms with Crippen molar-refractivity contribution < 1.29 is 14.3 Å². The van der Waals surface area contributed by atoms with Crippen molar-refractivity contribution in [1.82, 2.24) is 10.3 Å². The fraction of sp³-hybridized carbons (Fsp3) is 0.526. The van der Waals surface area contributed by atoms with Crippen molar-refractivity contribution in [2.75, 3.05) is 13.2 Å². The Bertz CT molecular complexity index is 689. The van der Waals surface area contributed by atoms with Crippen LogP contribution in [0.5, 0.6) is 0 Å². The number of amides is 1. The van der Waals surface area contributed by atoms with Crippen LogP contribution in [-0.2, 0) is 20.7 Å². The highest BCUT2D eigenvalue weighted by Gasteiger charge is 2.15. The van der Waals surface area contributed by atoms with E-state index in [-0.39, 0.29) is 24.9 Å². The van der Waals surface area contributed by atoms with Gasteiger partial charge in [-0.1, -0.05) is 31.4 Å². The maximum Gasteiger partial charge on any atom is 0.306 e. The first kappa shape index (κ1) is 17.9. The van der Waals surface area contributed by atoms with Crippen LogP contribution in [0.1, 0.15) is 43.5 Å². The lowest BCUT2D eigenvalue weighted by Crippen LogP contribution is -2.33. The van der Waals surface area contributed by atoms with E-state index >= 15 is 0 Å². The minimum Gasteiger partial charge on any atom is -0.456 e. The Kier molecular flexibility index (Phi) is 6.39. The summed E-state index contributed by atoms with van der Waals surface area (Å²) in [6, 6.07) is 7.91. The van der Waals surface area contributed by atoms with E-state index in [1.807, 2.05) is 24.3 Å². The summed E-state index contributed by atoms with van der Waals surface area (Å²) in [5, 5.41) is 3.79. The molecule has 0 unspecified atom stereocenters. The third-order valence-corrected chi connectivity index (χ3v) is 5.65. The monoisotopic (exact) mass is 360 g/mol. The molecule has 25 heavy (non-hydrogen) atoms. The summed E-state index contributed by atoms with van der Waals surface area (Å²) in [5.41, 5.74) is 0.956. The minimum absolute atomic E-state index is 0.189. The van der Waals surface area contributed by atoms with E-state index in [1.54, 1.807) is 11.3 Å². The number of aromatic nitrogens is 1. The maximum absolute atomic E-state index is 11.8. The third kappa shape index (κ3) is 5.53. The van der Waals surface area contributed by atoms with E-state index in [2.05, 4.69) is 10.3 Å². The predicted molar refractivity (Wildman–Crippen MR) is 98.5 cm³/mol. The van der Waals surface area contributed by atoms with E-state index in [0.717, 1.165) is 15.2 Å². The molecule has 1 heterocycles. The molecule has 0 bridgehead atoms. The zero-order valence-electron chi connectivity index (χ0n) is 14.3. The molecule has 1 aliphatic rings. The number of esters is 1. The molecule has 0 saturated heterocycles. The lowest BCUT2D eigenvalue weighted by Gasteiger charge is -2.21. The SMILES string of the molecule is O=C(COC(=O)CCc1nc2ccccc2s1)NCC1CCCCC1. The van der Waals surface area contributed by atoms with Crippen molar-refractivity contribution in [3.8, 4) is 0 Å². The molecule has 5 nitrogen and oxygen atoms in total. The van der Waals surface area contributed by atoms with E-state index in [4.69, 9.17) is 4.74 Å². The standard InChI is InChI=1S/C19H24N2O3S/c22-17(20-12-14-6-2-1-3-7-14)13-24-19(23)11-10-18-21-15-8-4-5-9-16(15)25-18/h4-5,8-9,14H,1-3,6-7,10-13H2,(H,20,22). The number of hydrogen-bond donors (Lipinski definition) is 1. The number of para-hydroxylation sites is 1. The van der Waals surface area contributed by atoms with Crippen LogP contribution in [0.2, 0.25) is 0 Å². The number of benzene rings is 1. The predicted octanol–water partition coefficient (Wildman–Crippen LogP) is 3.47. The second kappa shape index (κ2) is 8.94. The number of carbonyl (C=O) groups excluding carboxylic acids is 2. The summed E-state index contributed by atoms with van der Waals surface area (Å²) in [6.45, 7) is 0.507. The smallest absolute Gasteiger partial charge is 0.306 e. The molecule has 1 N–H and O–H groups in total. The number of carbonyl (C=O) groups is 2. The average Bonchev–Trinajstić information content (AvgIpc) is 3.07. The van der Waals surface area contributed by atoms with Gasteiger partial charge in [0, 0.05) is 13.0 Å². The van der Waals surface area contributed by atoms with Crippen molar-refractivity contribution in [2.24, 2.45) is 5.92 Å². The van der Waals surface area contributed by atoms with Gasteiger partial charge in [-0.25, -0.2) is 4.98 Å². The van der Waals surface area contributed by atoms with Gasteiger partial charge in [0.15, 0.2) is 6.61 Å². The normalized spacial score (nSPS) is 15.2. The summed E-state index contributed by atoms with van der Waals surface area (Å²) in [7, 11) is 0. The van der Waals surface area contributed by atoms with Crippen LogP contribution < -0.4 is 5.32 Å². The summed E-state index contributed by atoms with van der Waals surface area (Å²) < 4.78 is 6.18. The number of rotatable bonds is 7. The number of ether oxygens (including phenoxy) is 1. The molecule has 0 aliphatic heterocycles. The average molecular weight is 360 g/mol. The van der Waals surface area contributed by atoms with Gasteiger partial charge in [-0.15, -0.1) is 11.3 Å². The van der Waals surface area contributed by atoms with Gasteiger partial charge in [0.2, 0.25) is 0 Å². The van der Waals surface area contributed by atoms with Gasteiger partial charge < -0.3 is 10.1 Å². The van der Waals surface area contributed by atoms with Crippen molar-refractivity contribution in [3.05, 3.63) is 29.3 Å². The highest BCUT2D eigenvalue weighted by Crippen LogP contribution is 2.23. The molecule has 1 aromatic carbocycles. The molecular formula is C19H24N2O3S. The molecular weight excluding hydrogens is 336 g/mol. The molecule has 0 radical (unpaired) electrons. The highest BCUT2D eigenvalue weighted by atomic mass is 32.1. The Labute approximate surface area is 151 Å². The topological polar surface area (TPSA) is 68.3 Å². The van der Waals surface area contributed by atoms with Gasteiger partial charge in [0.05, 0.1) is 21.6 Å². The number of thiazole rings is 1. The number of aryl methyl sites for hydroxylation is 1. The lowest BCUT2D eigenvalue weighted by atomic mass is 9.89. The Balaban J connectivity index is 1.33. The van der Waals surface area contributed by atoms with Crippen LogP contribution in [0, 0.1) is 5.92 Å². The fourth-order valence-electron chi connectivity index (χ4n) is 3.15. The van der Waals surface area contributed by atoms with Crippen molar-refractivity contribution in [1.29, 1.82) is 0 Å². The summed E-state index contributed by atoms with van der Waals surface area (Å²) in [5.74, 6) is 0.0124. The second-order valence-corrected chi connectivity index (χ2v) is 7.66. The minimum atomic E-state index is -0.355. The number of hydrogen-bond acceptors (Lipinski definition) is 5. The molecule has 3 rings (SSSR count). The van der Waals surface area contributed by atoms with Gasteiger partial charge >= 0.3 is 5.97 Å². The lowest BCUT2D eigenvalue weighted by molar-refractivity contribution is -0.148. The van der Waals surface area contributed by atoms with Crippen LogP contribution in [0.25, 0.3) is 10.2 Å². The van der Waals surface area contributed by atoms with Crippen LogP contribution in [0.4, 0.5) is 0 Å². The molecule has 1 aromatic heterocycles. The molecule has 6 heteroatoms. The summed E-state index contributed by atoms with van der Waals surface area (Å²) in [6.07, 6.45) is 6.96. The Hall–Kier alpha value is -1.95. The zero-order valence-corrected chi connectivity index (χ0v) is 15.1. The van der Waals surface area contributed by atoms with Crippen LogP contribution in [0.3, 0.4) is 0 Å². The van der Waals surface area contributed by atoms with Crippen LogP contribution in [0.15, 0.2) is 24.3 Å². The first-order valence-electron chi connectivity index (χ1n) is 8.97. The molecule has 0 spiro atoms. The largest absolute Gasteiger partial charge is 0.456 e. The van der Waals surface area contributed by atoms with Crippen molar-refractivity contribution in [3.63, 3.8) is 0 Å². The van der Waals surface area contributed by atoms with E-state index < -0.39 is 0 Å². The fourth-order valence-corrected chi connectivity index (χ4v) is 4.12. The molecule has 1 amide bonds. The van der Waals surface area contributed by atoms with Gasteiger partial charge in [-0.05, 0) is 30.9 Å². The number of fused-ring (bicyclic) bond motifs is 1. The molecule has 134 valence electrons. The van der Waals surface area contributed by atoms with Crippen LogP contribution >= 0.6 is 11.3 Å². The van der Waals surface area contributed by atoms with Crippen molar-refractivity contribution in [2.45, 2.75) is 44.9 Å². The van der Waals surface area contributed by atoms with Crippen LogP contribution in [-0.4, -0.2) is 30.0 Å². The first-order valence-corrected chi connectivity index (χ1v) is 9.79. The molecule has 1 saturated carbocycles. The quantitative estimate of drug-likeness (QED) is 0.768. The van der Waals surface area contributed by atoms with Gasteiger partial charge in [0.25, 0.3) is 5.91 Å². The van der Waals surface area contributed by atoms with Crippen molar-refractivity contribution >= 4 is 33.4 Å². The Morgan fingerprint density at radius 2 is 2.00 bits per heavy atom. The zero-order chi connectivity index (χ0) is 17.5. The highest BCUT2D eigenvalue weighted by molar-refractivity contribution is 7.18. The second-order valence-electron chi connectivity index (χ2n) is 6.54. The molecule has 1 fully saturated rings. The van der Waals surface area contributed by atoms with E-state index in [0.29, 0.717) is 18.9 Å². The molecule has 1 aliphatic carbocycles. The van der Waals surface area contributed by atoms with Gasteiger partial charge in [-0.3, -0.25) is 9.59 Å². The third-order valence-electron chi connectivity index (χ3n) is 4.56. The van der Waals surface area contributed by atoms with E-state index in [9.17, 15) is 9.59 Å². The van der Waals surface area contributed by atoms with Gasteiger partial charge in [0.1, 0.15) is 0 Å².